The van der Waals surface area contributed by atoms with Crippen LogP contribution in [0.5, 0.6) is 0 Å². The monoisotopic (exact) mass is 285 g/mol. The van der Waals surface area contributed by atoms with Gasteiger partial charge in [0.15, 0.2) is 0 Å². The highest BCUT2D eigenvalue weighted by Gasteiger charge is 2.16. The van der Waals surface area contributed by atoms with E-state index < -0.39 is 22.4 Å². The molecule has 0 N–H and O–H groups in total. The Labute approximate surface area is 113 Å². The van der Waals surface area contributed by atoms with Gasteiger partial charge in [-0.2, -0.15) is 4.39 Å². The molecule has 100 valence electrons. The Hall–Kier alpha value is -2.13. The highest BCUT2D eigenvalue weighted by Crippen LogP contribution is 2.25. The molecule has 0 bridgehead atoms. The van der Waals surface area contributed by atoms with Crippen LogP contribution in [0.1, 0.15) is 18.9 Å². The maximum absolute atomic E-state index is 13.3. The molecule has 7 heteroatoms. The molecule has 0 aromatic heterocycles. The van der Waals surface area contributed by atoms with E-state index in [0.717, 1.165) is 12.1 Å². The van der Waals surface area contributed by atoms with Gasteiger partial charge in [0, 0.05) is 11.6 Å². The first-order chi connectivity index (χ1) is 8.95. The summed E-state index contributed by atoms with van der Waals surface area (Å²) in [5, 5.41) is 10.4. The zero-order valence-electron chi connectivity index (χ0n) is 9.91. The largest absolute Gasteiger partial charge is 0.465 e. The van der Waals surface area contributed by atoms with Gasteiger partial charge in [0.2, 0.25) is 5.82 Å². The third-order valence-electron chi connectivity index (χ3n) is 1.99. The molecule has 0 saturated carbocycles. The molecule has 1 aromatic carbocycles. The van der Waals surface area contributed by atoms with Crippen molar-refractivity contribution in [2.75, 3.05) is 6.61 Å². The van der Waals surface area contributed by atoms with Crippen LogP contribution in [-0.4, -0.2) is 17.5 Å². The first-order valence-corrected chi connectivity index (χ1v) is 5.61. The highest BCUT2D eigenvalue weighted by atomic mass is 35.5. The van der Waals surface area contributed by atoms with Gasteiger partial charge in [-0.1, -0.05) is 23.4 Å². The van der Waals surface area contributed by atoms with E-state index in [1.54, 1.807) is 6.92 Å². The predicted octanol–water partition coefficient (Wildman–Crippen LogP) is 2.69. The minimum atomic E-state index is -1.03. The summed E-state index contributed by atoms with van der Waals surface area (Å²) in [6.45, 7) is 1.90. The lowest BCUT2D eigenvalue weighted by molar-refractivity contribution is -0.387. The summed E-state index contributed by atoms with van der Waals surface area (Å²) >= 11 is 5.73. The van der Waals surface area contributed by atoms with Crippen LogP contribution in [0.4, 0.5) is 10.1 Å². The van der Waals surface area contributed by atoms with Crippen LogP contribution in [0.25, 0.3) is 0 Å². The summed E-state index contributed by atoms with van der Waals surface area (Å²) in [4.78, 5) is 20.6. The number of carbonyl (C=O) groups is 1. The van der Waals surface area contributed by atoms with Gasteiger partial charge < -0.3 is 4.74 Å². The van der Waals surface area contributed by atoms with Crippen molar-refractivity contribution in [1.82, 2.24) is 0 Å². The van der Waals surface area contributed by atoms with Crippen LogP contribution in [0.15, 0.2) is 12.1 Å². The average Bonchev–Trinajstić information content (AvgIpc) is 2.33. The van der Waals surface area contributed by atoms with Gasteiger partial charge in [-0.15, -0.1) is 0 Å². The molecule has 5 nitrogen and oxygen atoms in total. The summed E-state index contributed by atoms with van der Waals surface area (Å²) in [6, 6.07) is 1.74. The molecule has 0 radical (unpaired) electrons. The van der Waals surface area contributed by atoms with Crippen molar-refractivity contribution >= 4 is 23.3 Å². The van der Waals surface area contributed by atoms with Crippen molar-refractivity contribution in [3.8, 4) is 11.8 Å². The van der Waals surface area contributed by atoms with Crippen LogP contribution in [0, 0.1) is 27.8 Å². The maximum atomic E-state index is 13.3. The second-order valence-corrected chi connectivity index (χ2v) is 3.73. The summed E-state index contributed by atoms with van der Waals surface area (Å²) < 4.78 is 18.0. The quantitative estimate of drug-likeness (QED) is 0.370. The van der Waals surface area contributed by atoms with Crippen molar-refractivity contribution in [2.45, 2.75) is 13.3 Å². The van der Waals surface area contributed by atoms with Gasteiger partial charge in [0.25, 0.3) is 0 Å². The minimum absolute atomic E-state index is 0.0514. The molecule has 1 aromatic rings. The number of carbonyl (C=O) groups excluding carboxylic acids is 1. The van der Waals surface area contributed by atoms with Crippen LogP contribution in [-0.2, 0) is 9.53 Å². The molecule has 0 fully saturated rings. The zero-order valence-corrected chi connectivity index (χ0v) is 10.7. The lowest BCUT2D eigenvalue weighted by Crippen LogP contribution is -2.01. The Bertz CT molecular complexity index is 577. The lowest BCUT2D eigenvalue weighted by Gasteiger charge is -1.98. The third-order valence-corrected chi connectivity index (χ3v) is 2.31. The van der Waals surface area contributed by atoms with E-state index in [0.29, 0.717) is 0 Å². The second-order valence-electron chi connectivity index (χ2n) is 3.32. The normalized spacial score (nSPS) is 9.42. The molecular weight excluding hydrogens is 277 g/mol. The standard InChI is InChI=1S/C12H9ClFNO4/c1-2-19-12(16)5-3-4-8-6-10(14)11(15(17)18)7-9(8)13/h6-7H,2,5H2,1H3. The van der Waals surface area contributed by atoms with E-state index in [-0.39, 0.29) is 23.6 Å². The van der Waals surface area contributed by atoms with Gasteiger partial charge in [-0.25, -0.2) is 0 Å². The number of hydrogen-bond acceptors (Lipinski definition) is 4. The van der Waals surface area contributed by atoms with Crippen LogP contribution in [0.2, 0.25) is 5.02 Å². The summed E-state index contributed by atoms with van der Waals surface area (Å²) in [5.74, 6) is 3.38. The minimum Gasteiger partial charge on any atom is -0.465 e. The number of nitro benzene ring substituents is 1. The maximum Gasteiger partial charge on any atom is 0.317 e. The molecule has 0 aliphatic heterocycles. The van der Waals surface area contributed by atoms with E-state index in [1.165, 1.54) is 0 Å². The molecule has 0 unspecified atom stereocenters. The molecule has 0 aliphatic rings. The molecule has 0 aliphatic carbocycles. The van der Waals surface area contributed by atoms with Crippen LogP contribution < -0.4 is 0 Å². The Balaban J connectivity index is 2.92. The predicted molar refractivity (Wildman–Crippen MR) is 66.2 cm³/mol. The molecule has 0 saturated heterocycles. The molecule has 0 heterocycles. The number of halogens is 2. The molecule has 0 atom stereocenters. The van der Waals surface area contributed by atoms with E-state index in [1.807, 2.05) is 0 Å². The van der Waals surface area contributed by atoms with E-state index in [9.17, 15) is 19.3 Å². The number of nitro groups is 1. The Morgan fingerprint density at radius 1 is 1.58 bits per heavy atom. The molecule has 0 amide bonds. The number of esters is 1. The number of nitrogens with zero attached hydrogens (tertiary/aromatic N) is 1. The summed E-state index contributed by atoms with van der Waals surface area (Å²) in [5.41, 5.74) is -0.644. The fourth-order valence-corrected chi connectivity index (χ4v) is 1.40. The lowest BCUT2D eigenvalue weighted by atomic mass is 10.2. The van der Waals surface area contributed by atoms with Crippen molar-refractivity contribution in [2.24, 2.45) is 0 Å². The van der Waals surface area contributed by atoms with Crippen molar-refractivity contribution in [1.29, 1.82) is 0 Å². The SMILES string of the molecule is CCOC(=O)CC#Cc1cc(F)c([N+](=O)[O-])cc1Cl. The van der Waals surface area contributed by atoms with Gasteiger partial charge >= 0.3 is 11.7 Å². The third kappa shape index (κ3) is 4.23. The first kappa shape index (κ1) is 14.9. The fraction of sp³-hybridized carbons (Fsp3) is 0.250. The van der Waals surface area contributed by atoms with Crippen molar-refractivity contribution in [3.05, 3.63) is 38.7 Å². The highest BCUT2D eigenvalue weighted by molar-refractivity contribution is 6.32. The number of benzene rings is 1. The number of ether oxygens (including phenoxy) is 1. The molecule has 1 rings (SSSR count). The van der Waals surface area contributed by atoms with E-state index in [4.69, 9.17) is 11.6 Å². The smallest absolute Gasteiger partial charge is 0.317 e. The number of hydrogen-bond donors (Lipinski definition) is 0. The van der Waals surface area contributed by atoms with Crippen molar-refractivity contribution in [3.63, 3.8) is 0 Å². The van der Waals surface area contributed by atoms with E-state index >= 15 is 0 Å². The Morgan fingerprint density at radius 3 is 2.84 bits per heavy atom. The van der Waals surface area contributed by atoms with Crippen molar-refractivity contribution < 1.29 is 18.8 Å². The van der Waals surface area contributed by atoms with Crippen LogP contribution >= 0.6 is 11.6 Å². The van der Waals surface area contributed by atoms with Crippen LogP contribution in [0.3, 0.4) is 0 Å². The summed E-state index contributed by atoms with van der Waals surface area (Å²) in [7, 11) is 0. The Morgan fingerprint density at radius 2 is 2.26 bits per heavy atom. The molecule has 19 heavy (non-hydrogen) atoms. The second kappa shape index (κ2) is 6.71. The fourth-order valence-electron chi connectivity index (χ4n) is 1.20. The topological polar surface area (TPSA) is 69.4 Å². The number of rotatable bonds is 3. The average molecular weight is 286 g/mol. The van der Waals surface area contributed by atoms with Gasteiger partial charge in [-0.3, -0.25) is 14.9 Å². The molecular formula is C12H9ClFNO4. The zero-order chi connectivity index (χ0) is 14.4. The molecule has 0 spiro atoms. The Kier molecular flexibility index (Phi) is 5.27. The van der Waals surface area contributed by atoms with E-state index in [2.05, 4.69) is 16.6 Å². The van der Waals surface area contributed by atoms with Gasteiger partial charge in [-0.05, 0) is 13.0 Å². The first-order valence-electron chi connectivity index (χ1n) is 5.23. The van der Waals surface area contributed by atoms with Gasteiger partial charge in [0.05, 0.1) is 16.6 Å². The summed E-state index contributed by atoms with van der Waals surface area (Å²) in [6.07, 6.45) is -0.164. The van der Waals surface area contributed by atoms with Gasteiger partial charge in [0.1, 0.15) is 6.42 Å².